The summed E-state index contributed by atoms with van der Waals surface area (Å²) in [6, 6.07) is 0. The molecule has 0 bridgehead atoms. The molecule has 4 heteroatoms. The first-order valence-corrected chi connectivity index (χ1v) is 5.33. The molecule has 2 N–H and O–H groups in total. The molecule has 0 aromatic carbocycles. The Bertz CT molecular complexity index is 217. The highest BCUT2D eigenvalue weighted by Gasteiger charge is 2.43. The third-order valence-corrected chi connectivity index (χ3v) is 3.25. The zero-order valence-corrected chi connectivity index (χ0v) is 8.29. The molecule has 0 aromatic heterocycles. The van der Waals surface area contributed by atoms with Crippen LogP contribution >= 0.6 is 0 Å². The molecular weight excluding hydrogens is 182 g/mol. The largest absolute Gasteiger partial charge is 0.480 e. The molecule has 2 saturated heterocycles. The summed E-state index contributed by atoms with van der Waals surface area (Å²) in [5, 5.41) is 12.3. The summed E-state index contributed by atoms with van der Waals surface area (Å²) in [5.74, 6) is -0.717. The fraction of sp³-hybridized carbons (Fsp3) is 0.900. The molecule has 2 fully saturated rings. The van der Waals surface area contributed by atoms with Crippen molar-refractivity contribution in [2.75, 3.05) is 13.2 Å². The van der Waals surface area contributed by atoms with E-state index in [2.05, 4.69) is 5.32 Å². The van der Waals surface area contributed by atoms with Crippen LogP contribution in [0.1, 0.15) is 32.1 Å². The molecule has 80 valence electrons. The molecule has 0 radical (unpaired) electrons. The summed E-state index contributed by atoms with van der Waals surface area (Å²) in [5.41, 5.74) is -0.699. The van der Waals surface area contributed by atoms with E-state index in [9.17, 15) is 9.90 Å². The molecule has 2 unspecified atom stereocenters. The molecule has 2 heterocycles. The number of nitrogens with one attached hydrogen (secondary N) is 1. The van der Waals surface area contributed by atoms with Crippen molar-refractivity contribution in [2.45, 2.75) is 43.7 Å². The molecule has 2 aliphatic heterocycles. The second-order valence-corrected chi connectivity index (χ2v) is 4.26. The van der Waals surface area contributed by atoms with Crippen molar-refractivity contribution in [3.8, 4) is 0 Å². The van der Waals surface area contributed by atoms with E-state index in [0.717, 1.165) is 38.8 Å². The second-order valence-electron chi connectivity index (χ2n) is 4.26. The summed E-state index contributed by atoms with van der Waals surface area (Å²) >= 11 is 0. The van der Waals surface area contributed by atoms with Crippen LogP contribution in [0.5, 0.6) is 0 Å². The maximum atomic E-state index is 11.2. The molecule has 0 aromatic rings. The molecular formula is C10H17NO3. The van der Waals surface area contributed by atoms with E-state index < -0.39 is 11.5 Å². The number of hydrogen-bond donors (Lipinski definition) is 2. The molecule has 0 saturated carbocycles. The van der Waals surface area contributed by atoms with Crippen LogP contribution in [-0.2, 0) is 9.53 Å². The number of carboxylic acids is 1. The maximum Gasteiger partial charge on any atom is 0.323 e. The first kappa shape index (κ1) is 9.93. The molecule has 0 amide bonds. The van der Waals surface area contributed by atoms with Gasteiger partial charge in [-0.1, -0.05) is 0 Å². The zero-order valence-electron chi connectivity index (χ0n) is 8.29. The third kappa shape index (κ3) is 1.77. The Morgan fingerprint density at radius 1 is 1.57 bits per heavy atom. The van der Waals surface area contributed by atoms with Gasteiger partial charge < -0.3 is 15.2 Å². The van der Waals surface area contributed by atoms with Gasteiger partial charge in [0.05, 0.1) is 6.10 Å². The third-order valence-electron chi connectivity index (χ3n) is 3.25. The van der Waals surface area contributed by atoms with Gasteiger partial charge in [0.15, 0.2) is 0 Å². The highest BCUT2D eigenvalue weighted by atomic mass is 16.5. The van der Waals surface area contributed by atoms with E-state index in [1.807, 2.05) is 0 Å². The van der Waals surface area contributed by atoms with Crippen LogP contribution in [-0.4, -0.2) is 35.9 Å². The number of carbonyl (C=O) groups is 1. The van der Waals surface area contributed by atoms with Crippen molar-refractivity contribution in [1.29, 1.82) is 0 Å². The van der Waals surface area contributed by atoms with E-state index in [-0.39, 0.29) is 6.10 Å². The molecule has 0 spiro atoms. The minimum Gasteiger partial charge on any atom is -0.480 e. The molecule has 14 heavy (non-hydrogen) atoms. The summed E-state index contributed by atoms with van der Waals surface area (Å²) in [4.78, 5) is 11.2. The van der Waals surface area contributed by atoms with E-state index in [1.165, 1.54) is 0 Å². The minimum absolute atomic E-state index is 0.150. The molecule has 0 aliphatic carbocycles. The Morgan fingerprint density at radius 2 is 2.43 bits per heavy atom. The summed E-state index contributed by atoms with van der Waals surface area (Å²) in [6.45, 7) is 1.61. The first-order valence-electron chi connectivity index (χ1n) is 5.33. The Labute approximate surface area is 83.6 Å². The van der Waals surface area contributed by atoms with Crippen LogP contribution in [0.4, 0.5) is 0 Å². The van der Waals surface area contributed by atoms with Gasteiger partial charge in [0.2, 0.25) is 0 Å². The van der Waals surface area contributed by atoms with Gasteiger partial charge in [0.25, 0.3) is 0 Å². The molecule has 2 aliphatic rings. The lowest BCUT2D eigenvalue weighted by atomic mass is 9.89. The van der Waals surface area contributed by atoms with Gasteiger partial charge in [0, 0.05) is 13.0 Å². The van der Waals surface area contributed by atoms with E-state index in [1.54, 1.807) is 0 Å². The van der Waals surface area contributed by atoms with Crippen molar-refractivity contribution in [2.24, 2.45) is 0 Å². The quantitative estimate of drug-likeness (QED) is 0.704. The van der Waals surface area contributed by atoms with Gasteiger partial charge in [0.1, 0.15) is 5.54 Å². The van der Waals surface area contributed by atoms with Crippen molar-refractivity contribution in [1.82, 2.24) is 5.32 Å². The average molecular weight is 199 g/mol. The Kier molecular flexibility index (Phi) is 2.74. The fourth-order valence-electron chi connectivity index (χ4n) is 2.44. The second kappa shape index (κ2) is 3.87. The maximum absolute atomic E-state index is 11.2. The van der Waals surface area contributed by atoms with Crippen LogP contribution < -0.4 is 5.32 Å². The monoisotopic (exact) mass is 199 g/mol. The SMILES string of the molecule is O=C(O)C1(CC2CCCO2)CCCN1. The molecule has 2 rings (SSSR count). The van der Waals surface area contributed by atoms with Crippen molar-refractivity contribution >= 4 is 5.97 Å². The Balaban J connectivity index is 1.99. The highest BCUT2D eigenvalue weighted by molar-refractivity contribution is 5.79. The van der Waals surface area contributed by atoms with Crippen LogP contribution in [0, 0.1) is 0 Å². The smallest absolute Gasteiger partial charge is 0.323 e. The fourth-order valence-corrected chi connectivity index (χ4v) is 2.44. The van der Waals surface area contributed by atoms with Crippen molar-refractivity contribution in [3.63, 3.8) is 0 Å². The van der Waals surface area contributed by atoms with E-state index >= 15 is 0 Å². The normalized spacial score (nSPS) is 37.6. The lowest BCUT2D eigenvalue weighted by molar-refractivity contribution is -0.145. The standard InChI is InChI=1S/C10H17NO3/c12-9(13)10(4-2-5-11-10)7-8-3-1-6-14-8/h8,11H,1-7H2,(H,12,13). The van der Waals surface area contributed by atoms with E-state index in [4.69, 9.17) is 4.74 Å². The van der Waals surface area contributed by atoms with Gasteiger partial charge in [-0.25, -0.2) is 0 Å². The van der Waals surface area contributed by atoms with Crippen molar-refractivity contribution < 1.29 is 14.6 Å². The van der Waals surface area contributed by atoms with Crippen LogP contribution in [0.25, 0.3) is 0 Å². The lowest BCUT2D eigenvalue weighted by Crippen LogP contribution is -2.49. The lowest BCUT2D eigenvalue weighted by Gasteiger charge is -2.27. The number of rotatable bonds is 3. The van der Waals surface area contributed by atoms with Gasteiger partial charge in [-0.3, -0.25) is 4.79 Å². The number of carboxylic acid groups (broad SMARTS) is 1. The van der Waals surface area contributed by atoms with Gasteiger partial charge in [-0.15, -0.1) is 0 Å². The predicted octanol–water partition coefficient (Wildman–Crippen LogP) is 0.762. The topological polar surface area (TPSA) is 58.6 Å². The summed E-state index contributed by atoms with van der Waals surface area (Å²) in [6.07, 6.45) is 4.55. The molecule has 4 nitrogen and oxygen atoms in total. The number of ether oxygens (including phenoxy) is 1. The average Bonchev–Trinajstić information content (AvgIpc) is 2.76. The van der Waals surface area contributed by atoms with Crippen LogP contribution in [0.15, 0.2) is 0 Å². The van der Waals surface area contributed by atoms with Gasteiger partial charge in [-0.05, 0) is 32.2 Å². The Morgan fingerprint density at radius 3 is 2.93 bits per heavy atom. The summed E-state index contributed by atoms with van der Waals surface area (Å²) in [7, 11) is 0. The predicted molar refractivity (Wildman–Crippen MR) is 51.2 cm³/mol. The minimum atomic E-state index is -0.717. The van der Waals surface area contributed by atoms with Crippen LogP contribution in [0.3, 0.4) is 0 Å². The zero-order chi connectivity index (χ0) is 10.0. The van der Waals surface area contributed by atoms with Crippen molar-refractivity contribution in [3.05, 3.63) is 0 Å². The highest BCUT2D eigenvalue weighted by Crippen LogP contribution is 2.29. The Hall–Kier alpha value is -0.610. The first-order chi connectivity index (χ1) is 6.73. The number of aliphatic carboxylic acids is 1. The summed E-state index contributed by atoms with van der Waals surface area (Å²) < 4.78 is 5.49. The van der Waals surface area contributed by atoms with Gasteiger partial charge >= 0.3 is 5.97 Å². The number of hydrogen-bond acceptors (Lipinski definition) is 3. The van der Waals surface area contributed by atoms with E-state index in [0.29, 0.717) is 6.42 Å². The van der Waals surface area contributed by atoms with Crippen LogP contribution in [0.2, 0.25) is 0 Å². The molecule has 2 atom stereocenters. The van der Waals surface area contributed by atoms with Gasteiger partial charge in [-0.2, -0.15) is 0 Å².